The van der Waals surface area contributed by atoms with Crippen molar-refractivity contribution in [2.24, 2.45) is 0 Å². The summed E-state index contributed by atoms with van der Waals surface area (Å²) in [5.74, 6) is -0.832. The maximum absolute atomic E-state index is 13.4. The van der Waals surface area contributed by atoms with Gasteiger partial charge in [0.05, 0.1) is 5.69 Å². The number of nitrogens with zero attached hydrogens (tertiary/aromatic N) is 3. The van der Waals surface area contributed by atoms with Crippen molar-refractivity contribution in [1.82, 2.24) is 14.7 Å². The molecule has 6 heteroatoms. The summed E-state index contributed by atoms with van der Waals surface area (Å²) < 4.78 is 1.94. The third-order valence-corrected chi connectivity index (χ3v) is 5.99. The third kappa shape index (κ3) is 3.55. The second-order valence-electron chi connectivity index (χ2n) is 7.96. The van der Waals surface area contributed by atoms with Crippen LogP contribution in [0, 0.1) is 6.92 Å². The van der Waals surface area contributed by atoms with Crippen molar-refractivity contribution in [2.45, 2.75) is 64.3 Å². The van der Waals surface area contributed by atoms with Crippen LogP contribution in [0.1, 0.15) is 65.8 Å². The second kappa shape index (κ2) is 7.78. The van der Waals surface area contributed by atoms with E-state index in [-0.39, 0.29) is 18.4 Å². The van der Waals surface area contributed by atoms with Crippen LogP contribution in [0.5, 0.6) is 0 Å². The molecular formula is C22H27N3O3. The Morgan fingerprint density at radius 1 is 1.14 bits per heavy atom. The SMILES string of the molecule is Cc1ccc(-n2nc(C(=O)N3CCCCC3CCC(=O)O)c3c2CCC3)cc1. The predicted octanol–water partition coefficient (Wildman–Crippen LogP) is 3.53. The van der Waals surface area contributed by atoms with Gasteiger partial charge >= 0.3 is 5.97 Å². The Morgan fingerprint density at radius 3 is 2.68 bits per heavy atom. The molecule has 0 saturated carbocycles. The Kier molecular flexibility index (Phi) is 5.20. The first-order valence-corrected chi connectivity index (χ1v) is 10.2. The molecule has 1 atom stereocenters. The van der Waals surface area contributed by atoms with Gasteiger partial charge < -0.3 is 10.0 Å². The maximum atomic E-state index is 13.4. The van der Waals surface area contributed by atoms with Gasteiger partial charge in [-0.3, -0.25) is 9.59 Å². The number of carbonyl (C=O) groups excluding carboxylic acids is 1. The number of aryl methyl sites for hydroxylation is 1. The van der Waals surface area contributed by atoms with Gasteiger partial charge in [-0.2, -0.15) is 5.10 Å². The lowest BCUT2D eigenvalue weighted by Crippen LogP contribution is -2.44. The molecule has 1 N–H and O–H groups in total. The number of piperidine rings is 1. The highest BCUT2D eigenvalue weighted by molar-refractivity contribution is 5.94. The number of rotatable bonds is 5. The lowest BCUT2D eigenvalue weighted by atomic mass is 9.97. The van der Waals surface area contributed by atoms with E-state index in [1.165, 1.54) is 5.56 Å². The fourth-order valence-corrected chi connectivity index (χ4v) is 4.50. The second-order valence-corrected chi connectivity index (χ2v) is 7.96. The lowest BCUT2D eigenvalue weighted by molar-refractivity contribution is -0.137. The molecule has 0 bridgehead atoms. The molecule has 6 nitrogen and oxygen atoms in total. The summed E-state index contributed by atoms with van der Waals surface area (Å²) >= 11 is 0. The predicted molar refractivity (Wildman–Crippen MR) is 106 cm³/mol. The molecule has 2 heterocycles. The summed E-state index contributed by atoms with van der Waals surface area (Å²) in [6.07, 6.45) is 6.37. The van der Waals surface area contributed by atoms with Gasteiger partial charge in [-0.25, -0.2) is 4.68 Å². The smallest absolute Gasteiger partial charge is 0.303 e. The summed E-state index contributed by atoms with van der Waals surface area (Å²) in [6.45, 7) is 2.75. The number of amides is 1. The van der Waals surface area contributed by atoms with E-state index in [0.29, 0.717) is 18.7 Å². The number of aliphatic carboxylic acids is 1. The first-order valence-electron chi connectivity index (χ1n) is 10.2. The number of carboxylic acid groups (broad SMARTS) is 1. The van der Waals surface area contributed by atoms with Crippen LogP contribution in [0.2, 0.25) is 0 Å². The average Bonchev–Trinajstić information content (AvgIpc) is 3.29. The van der Waals surface area contributed by atoms with E-state index in [9.17, 15) is 9.59 Å². The van der Waals surface area contributed by atoms with E-state index in [0.717, 1.165) is 55.5 Å². The fourth-order valence-electron chi connectivity index (χ4n) is 4.50. The highest BCUT2D eigenvalue weighted by Crippen LogP contribution is 2.30. The molecule has 148 valence electrons. The Hall–Kier alpha value is -2.63. The van der Waals surface area contributed by atoms with Crippen LogP contribution in [0.4, 0.5) is 0 Å². The fraction of sp³-hybridized carbons (Fsp3) is 0.500. The molecule has 2 aliphatic rings. The molecule has 1 aromatic heterocycles. The Labute approximate surface area is 165 Å². The zero-order valence-electron chi connectivity index (χ0n) is 16.4. The quantitative estimate of drug-likeness (QED) is 0.860. The van der Waals surface area contributed by atoms with E-state index in [1.807, 2.05) is 21.7 Å². The van der Waals surface area contributed by atoms with Gasteiger partial charge in [0.2, 0.25) is 0 Å². The van der Waals surface area contributed by atoms with Gasteiger partial charge in [-0.15, -0.1) is 0 Å². The summed E-state index contributed by atoms with van der Waals surface area (Å²) in [7, 11) is 0. The van der Waals surface area contributed by atoms with Gasteiger partial charge in [-0.05, 0) is 64.0 Å². The minimum atomic E-state index is -0.803. The maximum Gasteiger partial charge on any atom is 0.303 e. The van der Waals surface area contributed by atoms with Crippen molar-refractivity contribution in [3.05, 3.63) is 46.8 Å². The van der Waals surface area contributed by atoms with Crippen molar-refractivity contribution < 1.29 is 14.7 Å². The highest BCUT2D eigenvalue weighted by Gasteiger charge is 2.33. The number of benzene rings is 1. The molecule has 1 fully saturated rings. The minimum Gasteiger partial charge on any atom is -0.481 e. The summed E-state index contributed by atoms with van der Waals surface area (Å²) in [4.78, 5) is 26.3. The molecule has 4 rings (SSSR count). The van der Waals surface area contributed by atoms with Gasteiger partial charge in [0.15, 0.2) is 5.69 Å². The molecule has 0 radical (unpaired) electrons. The van der Waals surface area contributed by atoms with Gasteiger partial charge in [-0.1, -0.05) is 17.7 Å². The zero-order chi connectivity index (χ0) is 19.7. The molecule has 2 aromatic rings. The van der Waals surface area contributed by atoms with Crippen molar-refractivity contribution in [3.63, 3.8) is 0 Å². The normalized spacial score (nSPS) is 18.9. The van der Waals surface area contributed by atoms with Crippen LogP contribution in [0.15, 0.2) is 24.3 Å². The van der Waals surface area contributed by atoms with E-state index in [1.54, 1.807) is 0 Å². The Bertz CT molecular complexity index is 885. The summed E-state index contributed by atoms with van der Waals surface area (Å²) in [6, 6.07) is 8.22. The van der Waals surface area contributed by atoms with Crippen LogP contribution in [0.3, 0.4) is 0 Å². The summed E-state index contributed by atoms with van der Waals surface area (Å²) in [5.41, 5.74) is 4.97. The molecule has 1 amide bonds. The van der Waals surface area contributed by atoms with E-state index >= 15 is 0 Å². The first kappa shape index (κ1) is 18.7. The third-order valence-electron chi connectivity index (χ3n) is 5.99. The molecule has 1 aliphatic heterocycles. The van der Waals surface area contributed by atoms with Crippen molar-refractivity contribution in [3.8, 4) is 5.69 Å². The number of hydrogen-bond donors (Lipinski definition) is 1. The lowest BCUT2D eigenvalue weighted by Gasteiger charge is -2.35. The van der Waals surface area contributed by atoms with Crippen LogP contribution in [-0.2, 0) is 17.6 Å². The van der Waals surface area contributed by atoms with Crippen LogP contribution in [-0.4, -0.2) is 44.3 Å². The molecule has 1 unspecified atom stereocenters. The number of aromatic nitrogens is 2. The van der Waals surface area contributed by atoms with Gasteiger partial charge in [0, 0.05) is 30.3 Å². The topological polar surface area (TPSA) is 75.4 Å². The van der Waals surface area contributed by atoms with Crippen LogP contribution in [0.25, 0.3) is 5.69 Å². The van der Waals surface area contributed by atoms with E-state index in [2.05, 4.69) is 19.1 Å². The van der Waals surface area contributed by atoms with Crippen molar-refractivity contribution >= 4 is 11.9 Å². The number of fused-ring (bicyclic) bond motifs is 1. The largest absolute Gasteiger partial charge is 0.481 e. The molecule has 0 spiro atoms. The minimum absolute atomic E-state index is 0.000993. The van der Waals surface area contributed by atoms with Crippen LogP contribution < -0.4 is 0 Å². The first-order chi connectivity index (χ1) is 13.5. The highest BCUT2D eigenvalue weighted by atomic mass is 16.4. The van der Waals surface area contributed by atoms with Gasteiger partial charge in [0.1, 0.15) is 0 Å². The summed E-state index contributed by atoms with van der Waals surface area (Å²) in [5, 5.41) is 13.8. The van der Waals surface area contributed by atoms with Crippen molar-refractivity contribution in [2.75, 3.05) is 6.54 Å². The molecule has 28 heavy (non-hydrogen) atoms. The standard InChI is InChI=1S/C22H27N3O3/c1-15-8-10-17(11-9-15)25-19-7-4-6-18(19)21(23-25)22(28)24-14-3-2-5-16(24)12-13-20(26)27/h8-11,16H,2-7,12-14H2,1H3,(H,26,27). The van der Waals surface area contributed by atoms with E-state index in [4.69, 9.17) is 10.2 Å². The molecule has 1 aliphatic carbocycles. The Morgan fingerprint density at radius 2 is 1.93 bits per heavy atom. The molecule has 1 saturated heterocycles. The number of carbonyl (C=O) groups is 2. The molecular weight excluding hydrogens is 354 g/mol. The molecule has 1 aromatic carbocycles. The van der Waals surface area contributed by atoms with Crippen LogP contribution >= 0.6 is 0 Å². The number of carboxylic acids is 1. The zero-order valence-corrected chi connectivity index (χ0v) is 16.4. The van der Waals surface area contributed by atoms with E-state index < -0.39 is 5.97 Å². The monoisotopic (exact) mass is 381 g/mol. The van der Waals surface area contributed by atoms with Gasteiger partial charge in [0.25, 0.3) is 5.91 Å². The number of hydrogen-bond acceptors (Lipinski definition) is 3. The van der Waals surface area contributed by atoms with Crippen molar-refractivity contribution in [1.29, 1.82) is 0 Å². The Balaban J connectivity index is 1.64. The number of likely N-dealkylation sites (tertiary alicyclic amines) is 1. The average molecular weight is 381 g/mol.